The molecule has 0 fully saturated rings. The molecule has 1 N–H and O–H groups in total. The predicted octanol–water partition coefficient (Wildman–Crippen LogP) is 8.08. The third kappa shape index (κ3) is 7.03. The van der Waals surface area contributed by atoms with Gasteiger partial charge in [0.25, 0.3) is 0 Å². The van der Waals surface area contributed by atoms with Gasteiger partial charge in [-0.3, -0.25) is 9.59 Å². The largest absolute Gasteiger partial charge is 0.511 e. The topological polar surface area (TPSA) is 80.7 Å². The quantitative estimate of drug-likeness (QED) is 0.183. The normalized spacial score (nSPS) is 24.1. The minimum absolute atomic E-state index is 0.00783. The first-order chi connectivity index (χ1) is 17.8. The predicted molar refractivity (Wildman–Crippen MR) is 154 cm³/mol. The Labute approximate surface area is 229 Å². The van der Waals surface area contributed by atoms with Gasteiger partial charge in [-0.05, 0) is 85.5 Å². The van der Waals surface area contributed by atoms with Crippen LogP contribution < -0.4 is 0 Å². The summed E-state index contributed by atoms with van der Waals surface area (Å²) in [6.07, 6.45) is 6.78. The third-order valence-corrected chi connectivity index (χ3v) is 8.02. The number of aliphatic hydroxyl groups is 1. The molecule has 0 radical (unpaired) electrons. The van der Waals surface area contributed by atoms with E-state index in [0.29, 0.717) is 37.7 Å². The molecule has 0 amide bonds. The van der Waals surface area contributed by atoms with Crippen LogP contribution in [0.2, 0.25) is 0 Å². The second-order valence-corrected chi connectivity index (χ2v) is 11.8. The Hall–Kier alpha value is -2.69. The summed E-state index contributed by atoms with van der Waals surface area (Å²) in [5.74, 6) is -1.28. The van der Waals surface area contributed by atoms with E-state index in [1.165, 1.54) is 12.5 Å². The van der Waals surface area contributed by atoms with Crippen LogP contribution in [0.1, 0.15) is 106 Å². The number of ether oxygens (including phenoxy) is 1. The molecule has 1 heterocycles. The Balaban J connectivity index is 2.71. The van der Waals surface area contributed by atoms with Gasteiger partial charge in [0.05, 0.1) is 11.3 Å². The van der Waals surface area contributed by atoms with Crippen molar-refractivity contribution in [3.63, 3.8) is 0 Å². The summed E-state index contributed by atoms with van der Waals surface area (Å²) in [4.78, 5) is 40.3. The van der Waals surface area contributed by atoms with Crippen molar-refractivity contribution >= 4 is 17.3 Å². The van der Waals surface area contributed by atoms with E-state index in [4.69, 9.17) is 4.74 Å². The molecule has 0 unspecified atom stereocenters. The van der Waals surface area contributed by atoms with Gasteiger partial charge >= 0.3 is 0 Å². The molecule has 0 aromatic heterocycles. The van der Waals surface area contributed by atoms with Crippen molar-refractivity contribution in [2.24, 2.45) is 17.3 Å². The zero-order chi connectivity index (χ0) is 28.8. The number of rotatable bonds is 14. The Morgan fingerprint density at radius 1 is 1.08 bits per heavy atom. The second-order valence-electron chi connectivity index (χ2n) is 11.8. The average molecular weight is 525 g/mol. The Kier molecular flexibility index (Phi) is 11.1. The summed E-state index contributed by atoms with van der Waals surface area (Å²) >= 11 is 0. The van der Waals surface area contributed by atoms with Crippen molar-refractivity contribution in [2.75, 3.05) is 0 Å². The summed E-state index contributed by atoms with van der Waals surface area (Å²) in [7, 11) is 0. The van der Waals surface area contributed by atoms with Gasteiger partial charge in [0.2, 0.25) is 0 Å². The molecule has 0 saturated heterocycles. The van der Waals surface area contributed by atoms with Crippen molar-refractivity contribution in [2.45, 2.75) is 112 Å². The molecule has 0 spiro atoms. The van der Waals surface area contributed by atoms with E-state index in [1.807, 2.05) is 20.8 Å². The standard InChI is InChI=1S/C33H48O5/c1-10-12-26(19-23(7)34)27-30-28(29(35)24(8)25(9)38-30)32(37)33(31(27)36,17-15-21(4)5)18-16-22(6)14-11-13-20(2)3/h13,24-26,36H,4,6,10-12,14-19H2,1-3,5,7-9H3/t24-,25-,26+,33-/m1/s1. The number of hydrogen-bond acceptors (Lipinski definition) is 5. The highest BCUT2D eigenvalue weighted by Gasteiger charge is 2.54. The molecule has 210 valence electrons. The molecule has 0 aromatic carbocycles. The van der Waals surface area contributed by atoms with Crippen molar-refractivity contribution in [3.05, 3.63) is 58.6 Å². The highest BCUT2D eigenvalue weighted by Crippen LogP contribution is 2.52. The fourth-order valence-electron chi connectivity index (χ4n) is 5.54. The van der Waals surface area contributed by atoms with Gasteiger partial charge in [-0.1, -0.05) is 49.6 Å². The fraction of sp³-hybridized carbons (Fsp3) is 0.606. The van der Waals surface area contributed by atoms with Crippen molar-refractivity contribution in [3.8, 4) is 0 Å². The van der Waals surface area contributed by atoms with Crippen LogP contribution in [0, 0.1) is 17.3 Å². The second kappa shape index (κ2) is 13.4. The lowest BCUT2D eigenvalue weighted by Crippen LogP contribution is -2.47. The first-order valence-electron chi connectivity index (χ1n) is 14.1. The number of ketones is 3. The first kappa shape index (κ1) is 31.5. The molecule has 5 heteroatoms. The van der Waals surface area contributed by atoms with Crippen LogP contribution >= 0.6 is 0 Å². The minimum Gasteiger partial charge on any atom is -0.511 e. The van der Waals surface area contributed by atoms with Crippen LogP contribution in [-0.2, 0) is 19.1 Å². The average Bonchev–Trinajstić information content (AvgIpc) is 2.81. The van der Waals surface area contributed by atoms with Crippen LogP contribution in [0.25, 0.3) is 0 Å². The molecular weight excluding hydrogens is 476 g/mol. The Bertz CT molecular complexity index is 1060. The van der Waals surface area contributed by atoms with Crippen LogP contribution in [-0.4, -0.2) is 28.6 Å². The van der Waals surface area contributed by atoms with E-state index >= 15 is 0 Å². The lowest BCUT2D eigenvalue weighted by atomic mass is 9.62. The van der Waals surface area contributed by atoms with Gasteiger partial charge in [0, 0.05) is 12.0 Å². The zero-order valence-corrected chi connectivity index (χ0v) is 24.7. The highest BCUT2D eigenvalue weighted by molar-refractivity contribution is 6.25. The van der Waals surface area contributed by atoms with Gasteiger partial charge in [-0.25, -0.2) is 0 Å². The Morgan fingerprint density at radius 2 is 1.71 bits per heavy atom. The maximum absolute atomic E-state index is 14.3. The number of carbonyl (C=O) groups excluding carboxylic acids is 3. The zero-order valence-electron chi connectivity index (χ0n) is 24.7. The molecule has 0 aromatic rings. The van der Waals surface area contributed by atoms with E-state index in [2.05, 4.69) is 33.1 Å². The number of carbonyl (C=O) groups is 3. The molecular formula is C33H48O5. The van der Waals surface area contributed by atoms with Crippen molar-refractivity contribution in [1.29, 1.82) is 0 Å². The molecule has 2 aliphatic rings. The van der Waals surface area contributed by atoms with Crippen LogP contribution in [0.3, 0.4) is 0 Å². The van der Waals surface area contributed by atoms with E-state index in [9.17, 15) is 19.5 Å². The molecule has 0 saturated carbocycles. The van der Waals surface area contributed by atoms with Crippen LogP contribution in [0.4, 0.5) is 0 Å². The molecule has 0 bridgehead atoms. The number of aliphatic hydroxyl groups excluding tert-OH is 1. The van der Waals surface area contributed by atoms with Gasteiger partial charge in [0.1, 0.15) is 29.0 Å². The molecule has 5 nitrogen and oxygen atoms in total. The summed E-state index contributed by atoms with van der Waals surface area (Å²) in [5.41, 5.74) is 2.39. The maximum atomic E-state index is 14.3. The lowest BCUT2D eigenvalue weighted by Gasteiger charge is -2.43. The molecule has 38 heavy (non-hydrogen) atoms. The Morgan fingerprint density at radius 3 is 2.26 bits per heavy atom. The minimum atomic E-state index is -1.28. The van der Waals surface area contributed by atoms with Crippen molar-refractivity contribution in [1.82, 2.24) is 0 Å². The number of allylic oxidation sites excluding steroid dienone is 7. The van der Waals surface area contributed by atoms with E-state index in [-0.39, 0.29) is 46.8 Å². The van der Waals surface area contributed by atoms with Gasteiger partial charge in [-0.2, -0.15) is 0 Å². The van der Waals surface area contributed by atoms with Crippen LogP contribution in [0.5, 0.6) is 0 Å². The monoisotopic (exact) mass is 524 g/mol. The lowest BCUT2D eigenvalue weighted by molar-refractivity contribution is -0.134. The molecule has 1 aliphatic carbocycles. The smallest absolute Gasteiger partial charge is 0.183 e. The fourth-order valence-corrected chi connectivity index (χ4v) is 5.54. The van der Waals surface area contributed by atoms with Crippen molar-refractivity contribution < 1.29 is 24.2 Å². The number of hydrogen-bond donors (Lipinski definition) is 1. The van der Waals surface area contributed by atoms with E-state index in [0.717, 1.165) is 30.4 Å². The molecule has 1 aliphatic heterocycles. The third-order valence-electron chi connectivity index (χ3n) is 8.02. The number of Topliss-reactive ketones (excluding diaryl/α,β-unsaturated/α-hetero) is 3. The van der Waals surface area contributed by atoms with Gasteiger partial charge in [-0.15, -0.1) is 6.58 Å². The summed E-state index contributed by atoms with van der Waals surface area (Å²) < 4.78 is 6.22. The summed E-state index contributed by atoms with van der Waals surface area (Å²) in [5, 5.41) is 12.1. The summed E-state index contributed by atoms with van der Waals surface area (Å²) in [6, 6.07) is 0. The SMILES string of the molecule is C=C(C)CC[C@]1(CCC(=C)CCC=C(C)C)C(=O)C2=C(O[C@H](C)[C@@H](C)C2=O)C([C@@H](CCC)CC(C)=O)=C1O. The highest BCUT2D eigenvalue weighted by atomic mass is 16.5. The molecule has 2 rings (SSSR count). The maximum Gasteiger partial charge on any atom is 0.183 e. The van der Waals surface area contributed by atoms with Crippen LogP contribution in [0.15, 0.2) is 58.6 Å². The van der Waals surface area contributed by atoms with Gasteiger partial charge < -0.3 is 14.6 Å². The van der Waals surface area contributed by atoms with E-state index < -0.39 is 17.4 Å². The summed E-state index contributed by atoms with van der Waals surface area (Å²) in [6.45, 7) is 21.5. The molecule has 4 atom stereocenters. The van der Waals surface area contributed by atoms with Gasteiger partial charge in [0.15, 0.2) is 11.6 Å². The van der Waals surface area contributed by atoms with E-state index in [1.54, 1.807) is 6.92 Å². The first-order valence-corrected chi connectivity index (χ1v) is 14.1.